The van der Waals surface area contributed by atoms with Gasteiger partial charge >= 0.3 is 0 Å². The lowest BCUT2D eigenvalue weighted by Crippen LogP contribution is -2.35. The lowest BCUT2D eigenvalue weighted by molar-refractivity contribution is -0.118. The molecule has 1 aliphatic rings. The number of rotatable bonds is 5. The first-order valence-corrected chi connectivity index (χ1v) is 6.94. The van der Waals surface area contributed by atoms with Gasteiger partial charge in [-0.1, -0.05) is 12.1 Å². The first kappa shape index (κ1) is 13.9. The van der Waals surface area contributed by atoms with Crippen LogP contribution in [-0.4, -0.2) is 26.1 Å². The van der Waals surface area contributed by atoms with Gasteiger partial charge in [0.15, 0.2) is 0 Å². The van der Waals surface area contributed by atoms with Gasteiger partial charge in [-0.2, -0.15) is 0 Å². The van der Waals surface area contributed by atoms with Crippen molar-refractivity contribution in [3.05, 3.63) is 23.8 Å². The third-order valence-electron chi connectivity index (χ3n) is 3.55. The molecule has 0 fully saturated rings. The summed E-state index contributed by atoms with van der Waals surface area (Å²) in [6.45, 7) is 1.43. The van der Waals surface area contributed by atoms with E-state index in [2.05, 4.69) is 6.07 Å². The van der Waals surface area contributed by atoms with Gasteiger partial charge in [0.05, 0.1) is 12.8 Å². The number of hydrogen-bond donors (Lipinski definition) is 1. The van der Waals surface area contributed by atoms with Gasteiger partial charge in [0.25, 0.3) is 0 Å². The monoisotopic (exact) mass is 262 g/mol. The van der Waals surface area contributed by atoms with Crippen LogP contribution in [0.4, 0.5) is 5.69 Å². The second-order valence-electron chi connectivity index (χ2n) is 4.86. The molecule has 0 saturated heterocycles. The maximum absolute atomic E-state index is 12.3. The number of unbranched alkanes of at least 4 members (excludes halogenated alkanes) is 1. The largest absolute Gasteiger partial charge is 0.495 e. The van der Waals surface area contributed by atoms with Crippen molar-refractivity contribution in [3.8, 4) is 5.75 Å². The van der Waals surface area contributed by atoms with E-state index in [1.807, 2.05) is 17.0 Å². The molecular weight excluding hydrogens is 240 g/mol. The average Bonchev–Trinajstić information content (AvgIpc) is 2.46. The number of ether oxygens (including phenoxy) is 1. The molecule has 1 heterocycles. The number of nitrogens with zero attached hydrogens (tertiary/aromatic N) is 1. The minimum atomic E-state index is 0.180. The van der Waals surface area contributed by atoms with Gasteiger partial charge in [-0.25, -0.2) is 0 Å². The number of fused-ring (bicyclic) bond motifs is 1. The number of aryl methyl sites for hydroxylation is 1. The van der Waals surface area contributed by atoms with Gasteiger partial charge in [-0.05, 0) is 43.9 Å². The fraction of sp³-hybridized carbons (Fsp3) is 0.533. The second kappa shape index (κ2) is 6.57. The molecule has 0 aromatic heterocycles. The highest BCUT2D eigenvalue weighted by Crippen LogP contribution is 2.36. The van der Waals surface area contributed by atoms with Crippen LogP contribution < -0.4 is 15.4 Å². The molecular formula is C15H22N2O2. The fourth-order valence-electron chi connectivity index (χ4n) is 2.58. The Balaban J connectivity index is 2.18. The van der Waals surface area contributed by atoms with Gasteiger partial charge in [0, 0.05) is 13.0 Å². The molecule has 0 spiro atoms. The summed E-state index contributed by atoms with van der Waals surface area (Å²) >= 11 is 0. The van der Waals surface area contributed by atoms with Crippen molar-refractivity contribution in [1.29, 1.82) is 0 Å². The van der Waals surface area contributed by atoms with E-state index in [-0.39, 0.29) is 5.91 Å². The van der Waals surface area contributed by atoms with Gasteiger partial charge in [-0.15, -0.1) is 0 Å². The molecule has 104 valence electrons. The third kappa shape index (κ3) is 3.07. The molecule has 0 bridgehead atoms. The number of para-hydroxylation sites is 1. The first-order valence-electron chi connectivity index (χ1n) is 6.94. The summed E-state index contributed by atoms with van der Waals surface area (Å²) in [4.78, 5) is 14.2. The Kier molecular flexibility index (Phi) is 4.80. The highest BCUT2D eigenvalue weighted by atomic mass is 16.5. The number of nitrogens with two attached hydrogens (primary N) is 1. The molecule has 0 atom stereocenters. The van der Waals surface area contributed by atoms with E-state index in [0.717, 1.165) is 43.7 Å². The van der Waals surface area contributed by atoms with Crippen LogP contribution in [0.1, 0.15) is 31.2 Å². The zero-order chi connectivity index (χ0) is 13.7. The lowest BCUT2D eigenvalue weighted by atomic mass is 10.0. The number of hydrogen-bond acceptors (Lipinski definition) is 3. The Labute approximate surface area is 114 Å². The molecule has 0 aliphatic carbocycles. The molecule has 4 heteroatoms. The molecule has 0 unspecified atom stereocenters. The lowest BCUT2D eigenvalue weighted by Gasteiger charge is -2.31. The van der Waals surface area contributed by atoms with Crippen molar-refractivity contribution in [2.45, 2.75) is 32.1 Å². The van der Waals surface area contributed by atoms with E-state index in [1.54, 1.807) is 7.11 Å². The molecule has 1 aliphatic heterocycles. The van der Waals surface area contributed by atoms with Crippen LogP contribution in [0, 0.1) is 0 Å². The van der Waals surface area contributed by atoms with Crippen molar-refractivity contribution < 1.29 is 9.53 Å². The Bertz CT molecular complexity index is 432. The highest BCUT2D eigenvalue weighted by molar-refractivity contribution is 5.96. The normalized spacial score (nSPS) is 14.1. The van der Waals surface area contributed by atoms with Gasteiger partial charge in [0.2, 0.25) is 5.91 Å². The van der Waals surface area contributed by atoms with Crippen LogP contribution in [0.3, 0.4) is 0 Å². The minimum absolute atomic E-state index is 0.180. The van der Waals surface area contributed by atoms with Crippen molar-refractivity contribution in [2.24, 2.45) is 5.73 Å². The van der Waals surface area contributed by atoms with Gasteiger partial charge < -0.3 is 15.4 Å². The van der Waals surface area contributed by atoms with Gasteiger partial charge in [-0.3, -0.25) is 4.79 Å². The number of anilines is 1. The molecule has 1 aromatic carbocycles. The number of carbonyl (C=O) groups excluding carboxylic acids is 1. The predicted octanol–water partition coefficient (Wildman–Crippen LogP) is 2.10. The summed E-state index contributed by atoms with van der Waals surface area (Å²) in [5.41, 5.74) is 7.64. The number of carbonyl (C=O) groups is 1. The number of amides is 1. The van der Waals surface area contributed by atoms with Gasteiger partial charge in [0.1, 0.15) is 5.75 Å². The number of benzene rings is 1. The highest BCUT2D eigenvalue weighted by Gasteiger charge is 2.25. The summed E-state index contributed by atoms with van der Waals surface area (Å²) in [6.07, 6.45) is 4.35. The zero-order valence-electron chi connectivity index (χ0n) is 11.5. The van der Waals surface area contributed by atoms with Crippen molar-refractivity contribution in [3.63, 3.8) is 0 Å². The summed E-state index contributed by atoms with van der Waals surface area (Å²) in [7, 11) is 1.65. The SMILES string of the molecule is COc1cccc2c1N(C(=O)CCCCN)CCC2. The molecule has 2 rings (SSSR count). The average molecular weight is 262 g/mol. The summed E-state index contributed by atoms with van der Waals surface area (Å²) in [5.74, 6) is 0.975. The molecule has 2 N–H and O–H groups in total. The molecule has 1 amide bonds. The molecule has 1 aromatic rings. The quantitative estimate of drug-likeness (QED) is 0.827. The van der Waals surface area contributed by atoms with E-state index in [1.165, 1.54) is 5.56 Å². The molecule has 4 nitrogen and oxygen atoms in total. The topological polar surface area (TPSA) is 55.6 Å². The fourth-order valence-corrected chi connectivity index (χ4v) is 2.58. The van der Waals surface area contributed by atoms with Crippen LogP contribution in [0.2, 0.25) is 0 Å². The standard InChI is InChI=1S/C15H22N2O2/c1-19-13-8-4-6-12-7-5-11-17(15(12)13)14(18)9-2-3-10-16/h4,6,8H,2-3,5,7,9-11,16H2,1H3. The van der Waals surface area contributed by atoms with Crippen LogP contribution in [-0.2, 0) is 11.2 Å². The maximum atomic E-state index is 12.3. The van der Waals surface area contributed by atoms with E-state index in [4.69, 9.17) is 10.5 Å². The maximum Gasteiger partial charge on any atom is 0.227 e. The second-order valence-corrected chi connectivity index (χ2v) is 4.86. The molecule has 0 radical (unpaired) electrons. The van der Waals surface area contributed by atoms with Crippen molar-refractivity contribution >= 4 is 11.6 Å². The molecule has 0 saturated carbocycles. The van der Waals surface area contributed by atoms with E-state index >= 15 is 0 Å². The Morgan fingerprint density at radius 1 is 1.42 bits per heavy atom. The number of methoxy groups -OCH3 is 1. The van der Waals surface area contributed by atoms with E-state index in [9.17, 15) is 4.79 Å². The van der Waals surface area contributed by atoms with Crippen LogP contribution in [0.5, 0.6) is 5.75 Å². The van der Waals surface area contributed by atoms with Crippen molar-refractivity contribution in [2.75, 3.05) is 25.1 Å². The summed E-state index contributed by atoms with van der Waals surface area (Å²) in [5, 5.41) is 0. The van der Waals surface area contributed by atoms with E-state index in [0.29, 0.717) is 13.0 Å². The van der Waals surface area contributed by atoms with E-state index < -0.39 is 0 Å². The Hall–Kier alpha value is -1.55. The Morgan fingerprint density at radius 2 is 2.26 bits per heavy atom. The minimum Gasteiger partial charge on any atom is -0.495 e. The predicted molar refractivity (Wildman–Crippen MR) is 76.6 cm³/mol. The first-order chi connectivity index (χ1) is 9.27. The summed E-state index contributed by atoms with van der Waals surface area (Å²) < 4.78 is 5.40. The summed E-state index contributed by atoms with van der Waals surface area (Å²) in [6, 6.07) is 5.99. The van der Waals surface area contributed by atoms with Crippen LogP contribution in [0.25, 0.3) is 0 Å². The Morgan fingerprint density at radius 3 is 3.00 bits per heavy atom. The van der Waals surface area contributed by atoms with Crippen LogP contribution in [0.15, 0.2) is 18.2 Å². The van der Waals surface area contributed by atoms with Crippen LogP contribution >= 0.6 is 0 Å². The smallest absolute Gasteiger partial charge is 0.227 e. The van der Waals surface area contributed by atoms with Crippen molar-refractivity contribution in [1.82, 2.24) is 0 Å². The zero-order valence-corrected chi connectivity index (χ0v) is 11.5. The molecule has 19 heavy (non-hydrogen) atoms. The third-order valence-corrected chi connectivity index (χ3v) is 3.55.